The van der Waals surface area contributed by atoms with Crippen molar-refractivity contribution in [3.63, 3.8) is 0 Å². The van der Waals surface area contributed by atoms with Crippen LogP contribution in [0.5, 0.6) is 5.75 Å². The van der Waals surface area contributed by atoms with Crippen LogP contribution >= 0.6 is 27.7 Å². The van der Waals surface area contributed by atoms with Crippen molar-refractivity contribution in [2.75, 3.05) is 5.75 Å². The predicted molar refractivity (Wildman–Crippen MR) is 92.0 cm³/mol. The van der Waals surface area contributed by atoms with Crippen LogP contribution in [0.25, 0.3) is 0 Å². The third-order valence-corrected chi connectivity index (χ3v) is 4.98. The first-order valence-electron chi connectivity index (χ1n) is 6.89. The molecule has 0 saturated heterocycles. The molecule has 0 aromatic heterocycles. The van der Waals surface area contributed by atoms with Crippen molar-refractivity contribution < 1.29 is 9.84 Å². The number of para-hydroxylation sites is 1. The molecule has 1 atom stereocenters. The molecule has 2 nitrogen and oxygen atoms in total. The lowest BCUT2D eigenvalue weighted by molar-refractivity contribution is 0.186. The van der Waals surface area contributed by atoms with Gasteiger partial charge in [-0.2, -0.15) is 0 Å². The van der Waals surface area contributed by atoms with E-state index in [0.29, 0.717) is 5.75 Å². The van der Waals surface area contributed by atoms with Gasteiger partial charge in [0.25, 0.3) is 0 Å². The van der Waals surface area contributed by atoms with Gasteiger partial charge in [-0.25, -0.2) is 0 Å². The smallest absolute Gasteiger partial charge is 0.125 e. The highest BCUT2D eigenvalue weighted by molar-refractivity contribution is 9.10. The Morgan fingerprint density at radius 3 is 2.48 bits per heavy atom. The highest BCUT2D eigenvalue weighted by atomic mass is 79.9. The third kappa shape index (κ3) is 4.77. The molecular weight excluding hydrogens is 348 g/mol. The third-order valence-electron chi connectivity index (χ3n) is 2.87. The molecule has 21 heavy (non-hydrogen) atoms. The van der Waals surface area contributed by atoms with Gasteiger partial charge in [0.05, 0.1) is 12.2 Å². The summed E-state index contributed by atoms with van der Waals surface area (Å²) in [6.45, 7) is 3.97. The fourth-order valence-corrected chi connectivity index (χ4v) is 3.46. The molecule has 2 aromatic carbocycles. The summed E-state index contributed by atoms with van der Waals surface area (Å²) in [5.41, 5.74) is 0.839. The maximum atomic E-state index is 10.5. The van der Waals surface area contributed by atoms with Gasteiger partial charge in [-0.15, -0.1) is 11.8 Å². The Kier molecular flexibility index (Phi) is 6.15. The number of aliphatic hydroxyl groups excluding tert-OH is 1. The normalized spacial score (nSPS) is 12.4. The fraction of sp³-hybridized carbons (Fsp3) is 0.294. The molecule has 0 aliphatic carbocycles. The average molecular weight is 367 g/mol. The molecule has 112 valence electrons. The standard InChI is InChI=1S/C17H19BrO2S/c1-12(2)20-16-9-5-3-7-13(16)15(19)11-21-17-10-6-4-8-14(17)18/h3-10,12,15,19H,11H2,1-2H3. The summed E-state index contributed by atoms with van der Waals surface area (Å²) in [6, 6.07) is 15.7. The number of hydrogen-bond donors (Lipinski definition) is 1. The van der Waals surface area contributed by atoms with Gasteiger partial charge < -0.3 is 9.84 Å². The van der Waals surface area contributed by atoms with Crippen LogP contribution in [0.2, 0.25) is 0 Å². The number of halogens is 1. The second kappa shape index (κ2) is 7.87. The van der Waals surface area contributed by atoms with Crippen molar-refractivity contribution in [2.24, 2.45) is 0 Å². The zero-order valence-corrected chi connectivity index (χ0v) is 14.5. The van der Waals surface area contributed by atoms with Crippen LogP contribution in [-0.2, 0) is 0 Å². The molecule has 2 aromatic rings. The van der Waals surface area contributed by atoms with Crippen LogP contribution < -0.4 is 4.74 Å². The second-order valence-corrected chi connectivity index (χ2v) is 6.88. The first-order valence-corrected chi connectivity index (χ1v) is 8.66. The number of benzene rings is 2. The van der Waals surface area contributed by atoms with E-state index in [4.69, 9.17) is 4.74 Å². The van der Waals surface area contributed by atoms with Crippen molar-refractivity contribution in [3.05, 3.63) is 58.6 Å². The molecule has 4 heteroatoms. The van der Waals surface area contributed by atoms with Gasteiger partial charge in [0.1, 0.15) is 5.75 Å². The Hall–Kier alpha value is -0.970. The molecule has 0 spiro atoms. The van der Waals surface area contributed by atoms with Gasteiger partial charge in [-0.05, 0) is 48.0 Å². The molecule has 0 fully saturated rings. The van der Waals surface area contributed by atoms with E-state index in [9.17, 15) is 5.11 Å². The van der Waals surface area contributed by atoms with Crippen molar-refractivity contribution in [3.8, 4) is 5.75 Å². The summed E-state index contributed by atoms with van der Waals surface area (Å²) < 4.78 is 6.81. The minimum Gasteiger partial charge on any atom is -0.491 e. The number of hydrogen-bond acceptors (Lipinski definition) is 3. The van der Waals surface area contributed by atoms with E-state index < -0.39 is 6.10 Å². The number of thioether (sulfide) groups is 1. The zero-order chi connectivity index (χ0) is 15.2. The number of ether oxygens (including phenoxy) is 1. The van der Waals surface area contributed by atoms with Crippen molar-refractivity contribution in [1.29, 1.82) is 0 Å². The summed E-state index contributed by atoms with van der Waals surface area (Å²) in [4.78, 5) is 1.12. The van der Waals surface area contributed by atoms with Crippen molar-refractivity contribution in [2.45, 2.75) is 31.0 Å². The van der Waals surface area contributed by atoms with E-state index >= 15 is 0 Å². The minimum absolute atomic E-state index is 0.0919. The van der Waals surface area contributed by atoms with Gasteiger partial charge >= 0.3 is 0 Å². The number of rotatable bonds is 6. The minimum atomic E-state index is -0.558. The van der Waals surface area contributed by atoms with Crippen LogP contribution in [0.3, 0.4) is 0 Å². The van der Waals surface area contributed by atoms with E-state index in [2.05, 4.69) is 15.9 Å². The monoisotopic (exact) mass is 366 g/mol. The molecule has 0 bridgehead atoms. The number of aliphatic hydroxyl groups is 1. The lowest BCUT2D eigenvalue weighted by Crippen LogP contribution is -2.10. The Morgan fingerprint density at radius 2 is 1.76 bits per heavy atom. The molecule has 0 radical (unpaired) electrons. The van der Waals surface area contributed by atoms with E-state index in [0.717, 1.165) is 20.7 Å². The SMILES string of the molecule is CC(C)Oc1ccccc1C(O)CSc1ccccc1Br. The Balaban J connectivity index is 2.07. The molecule has 0 aliphatic heterocycles. The average Bonchev–Trinajstić information content (AvgIpc) is 2.46. The first kappa shape index (κ1) is 16.4. The van der Waals surface area contributed by atoms with E-state index in [1.807, 2.05) is 62.4 Å². The van der Waals surface area contributed by atoms with Gasteiger partial charge in [0, 0.05) is 20.7 Å². The highest BCUT2D eigenvalue weighted by Gasteiger charge is 2.15. The lowest BCUT2D eigenvalue weighted by Gasteiger charge is -2.18. The van der Waals surface area contributed by atoms with Crippen molar-refractivity contribution in [1.82, 2.24) is 0 Å². The molecule has 0 aliphatic rings. The van der Waals surface area contributed by atoms with Gasteiger partial charge in [0.2, 0.25) is 0 Å². The summed E-state index contributed by atoms with van der Waals surface area (Å²) in [6.07, 6.45) is -0.466. The van der Waals surface area contributed by atoms with Crippen LogP contribution in [0, 0.1) is 0 Å². The maximum Gasteiger partial charge on any atom is 0.125 e. The predicted octanol–water partition coefficient (Wildman–Crippen LogP) is 5.06. The lowest BCUT2D eigenvalue weighted by atomic mass is 10.1. The first-order chi connectivity index (χ1) is 10.1. The highest BCUT2D eigenvalue weighted by Crippen LogP contribution is 2.33. The Labute approximate surface area is 138 Å². The molecular formula is C17H19BrO2S. The molecule has 1 N–H and O–H groups in total. The molecule has 2 rings (SSSR count). The molecule has 0 saturated carbocycles. The second-order valence-electron chi connectivity index (χ2n) is 4.96. The molecule has 1 unspecified atom stereocenters. The van der Waals surface area contributed by atoms with Gasteiger partial charge in [-0.3, -0.25) is 0 Å². The summed E-state index contributed by atoms with van der Waals surface area (Å²) in [5.74, 6) is 1.34. The quantitative estimate of drug-likeness (QED) is 0.724. The van der Waals surface area contributed by atoms with E-state index in [1.54, 1.807) is 11.8 Å². The van der Waals surface area contributed by atoms with Crippen LogP contribution in [0.4, 0.5) is 0 Å². The Morgan fingerprint density at radius 1 is 1.10 bits per heavy atom. The maximum absolute atomic E-state index is 10.5. The zero-order valence-electron chi connectivity index (χ0n) is 12.1. The molecule has 0 heterocycles. The van der Waals surface area contributed by atoms with Gasteiger partial charge in [-0.1, -0.05) is 30.3 Å². The van der Waals surface area contributed by atoms with Gasteiger partial charge in [0.15, 0.2) is 0 Å². The topological polar surface area (TPSA) is 29.5 Å². The van der Waals surface area contributed by atoms with Crippen molar-refractivity contribution >= 4 is 27.7 Å². The molecule has 0 amide bonds. The summed E-state index contributed by atoms with van der Waals surface area (Å²) in [5, 5.41) is 10.5. The van der Waals surface area contributed by atoms with Crippen LogP contribution in [0.1, 0.15) is 25.5 Å². The van der Waals surface area contributed by atoms with Crippen LogP contribution in [0.15, 0.2) is 57.9 Å². The summed E-state index contributed by atoms with van der Waals surface area (Å²) in [7, 11) is 0. The Bertz CT molecular complexity index is 587. The van der Waals surface area contributed by atoms with Crippen LogP contribution in [-0.4, -0.2) is 17.0 Å². The fourth-order valence-electron chi connectivity index (χ4n) is 1.94. The summed E-state index contributed by atoms with van der Waals surface area (Å²) >= 11 is 5.15. The van der Waals surface area contributed by atoms with E-state index in [1.165, 1.54) is 0 Å². The van der Waals surface area contributed by atoms with E-state index in [-0.39, 0.29) is 6.10 Å². The largest absolute Gasteiger partial charge is 0.491 e.